The average Bonchev–Trinajstić information content (AvgIpc) is 3.00. The lowest BCUT2D eigenvalue weighted by atomic mass is 9.82. The van der Waals surface area contributed by atoms with Crippen LogP contribution < -0.4 is 14.8 Å². The molecule has 3 rings (SSSR count). The number of carbonyl (C=O) groups is 3. The smallest absolute Gasteiger partial charge is 0.343 e. The molecule has 1 unspecified atom stereocenters. The molecule has 41 heavy (non-hydrogen) atoms. The number of benzene rings is 2. The summed E-state index contributed by atoms with van der Waals surface area (Å²) in [6.07, 6.45) is 11.2. The second-order valence-electron chi connectivity index (χ2n) is 11.3. The predicted molar refractivity (Wildman–Crippen MR) is 160 cm³/mol. The second-order valence-corrected chi connectivity index (χ2v) is 11.3. The highest BCUT2D eigenvalue weighted by atomic mass is 16.5. The molecule has 224 valence electrons. The number of ether oxygens (including phenoxy) is 3. The fraction of sp³-hybridized carbons (Fsp3) is 0.559. The maximum absolute atomic E-state index is 12.7. The Kier molecular flexibility index (Phi) is 13.9. The minimum Gasteiger partial charge on any atom is -0.462 e. The molecule has 7 nitrogen and oxygen atoms in total. The van der Waals surface area contributed by atoms with E-state index in [1.807, 2.05) is 13.8 Å². The van der Waals surface area contributed by atoms with E-state index in [2.05, 4.69) is 12.2 Å². The van der Waals surface area contributed by atoms with Crippen LogP contribution in [0.25, 0.3) is 0 Å². The SMILES string of the molecule is CCCCCCCNC[C@H]1CC[C@H](C(=O)Oc2ccc(C(=O)Oc3ccc(C(=O)OCC(C)CC)cc3)cc2)CC1. The van der Waals surface area contributed by atoms with E-state index in [9.17, 15) is 14.4 Å². The molecule has 1 fully saturated rings. The first kappa shape index (κ1) is 32.3. The van der Waals surface area contributed by atoms with Crippen molar-refractivity contribution in [2.45, 2.75) is 85.0 Å². The van der Waals surface area contributed by atoms with Gasteiger partial charge in [-0.25, -0.2) is 9.59 Å². The van der Waals surface area contributed by atoms with Crippen molar-refractivity contribution in [1.82, 2.24) is 5.32 Å². The summed E-state index contributed by atoms with van der Waals surface area (Å²) in [5.74, 6) is 0.437. The van der Waals surface area contributed by atoms with Gasteiger partial charge in [-0.15, -0.1) is 0 Å². The molecule has 0 heterocycles. The molecule has 2 aromatic rings. The zero-order valence-electron chi connectivity index (χ0n) is 25.0. The number of esters is 3. The lowest BCUT2D eigenvalue weighted by molar-refractivity contribution is -0.140. The number of hydrogen-bond donors (Lipinski definition) is 1. The molecule has 1 aliphatic rings. The molecule has 0 bridgehead atoms. The summed E-state index contributed by atoms with van der Waals surface area (Å²) >= 11 is 0. The van der Waals surface area contributed by atoms with E-state index < -0.39 is 11.9 Å². The summed E-state index contributed by atoms with van der Waals surface area (Å²) in [7, 11) is 0. The highest BCUT2D eigenvalue weighted by Gasteiger charge is 2.27. The van der Waals surface area contributed by atoms with Gasteiger partial charge in [-0.3, -0.25) is 4.79 Å². The van der Waals surface area contributed by atoms with E-state index in [1.165, 1.54) is 32.1 Å². The van der Waals surface area contributed by atoms with Gasteiger partial charge in [0.05, 0.1) is 23.7 Å². The molecule has 1 atom stereocenters. The van der Waals surface area contributed by atoms with Gasteiger partial charge in [-0.2, -0.15) is 0 Å². The molecule has 0 amide bonds. The Labute approximate surface area is 245 Å². The lowest BCUT2D eigenvalue weighted by Crippen LogP contribution is -2.30. The number of nitrogens with one attached hydrogen (secondary N) is 1. The molecule has 0 saturated heterocycles. The highest BCUT2D eigenvalue weighted by Crippen LogP contribution is 2.30. The van der Waals surface area contributed by atoms with Crippen molar-refractivity contribution in [3.63, 3.8) is 0 Å². The third kappa shape index (κ3) is 11.3. The van der Waals surface area contributed by atoms with Gasteiger partial charge in [-0.1, -0.05) is 52.9 Å². The summed E-state index contributed by atoms with van der Waals surface area (Å²) in [4.78, 5) is 37.5. The first-order chi connectivity index (χ1) is 19.9. The number of rotatable bonds is 16. The highest BCUT2D eigenvalue weighted by molar-refractivity contribution is 5.92. The first-order valence-corrected chi connectivity index (χ1v) is 15.4. The summed E-state index contributed by atoms with van der Waals surface area (Å²) in [6.45, 7) is 8.78. The van der Waals surface area contributed by atoms with Crippen LogP contribution in [0.2, 0.25) is 0 Å². The van der Waals surface area contributed by atoms with Crippen LogP contribution in [0.15, 0.2) is 48.5 Å². The van der Waals surface area contributed by atoms with E-state index in [0.717, 1.165) is 45.2 Å². The maximum Gasteiger partial charge on any atom is 0.343 e. The van der Waals surface area contributed by atoms with Crippen LogP contribution in [0.4, 0.5) is 0 Å². The zero-order valence-corrected chi connectivity index (χ0v) is 25.0. The van der Waals surface area contributed by atoms with Crippen LogP contribution in [0.1, 0.15) is 106 Å². The molecule has 0 radical (unpaired) electrons. The van der Waals surface area contributed by atoms with E-state index in [-0.39, 0.29) is 11.9 Å². The fourth-order valence-corrected chi connectivity index (χ4v) is 4.86. The fourth-order valence-electron chi connectivity index (χ4n) is 4.86. The molecule has 1 aliphatic carbocycles. The first-order valence-electron chi connectivity index (χ1n) is 15.4. The number of hydrogen-bond acceptors (Lipinski definition) is 7. The van der Waals surface area contributed by atoms with Gasteiger partial charge in [0.15, 0.2) is 0 Å². The van der Waals surface area contributed by atoms with Crippen LogP contribution in [-0.2, 0) is 9.53 Å². The molecule has 1 N–H and O–H groups in total. The van der Waals surface area contributed by atoms with E-state index in [4.69, 9.17) is 14.2 Å². The van der Waals surface area contributed by atoms with Crippen molar-refractivity contribution >= 4 is 17.9 Å². The summed E-state index contributed by atoms with van der Waals surface area (Å²) in [5.41, 5.74) is 0.734. The monoisotopic (exact) mass is 565 g/mol. The molecular formula is C34H47NO6. The lowest BCUT2D eigenvalue weighted by Gasteiger charge is -2.27. The molecule has 0 spiro atoms. The third-order valence-electron chi connectivity index (χ3n) is 7.88. The van der Waals surface area contributed by atoms with Crippen molar-refractivity contribution in [3.05, 3.63) is 59.7 Å². The van der Waals surface area contributed by atoms with Crippen LogP contribution in [0.5, 0.6) is 11.5 Å². The maximum atomic E-state index is 12.7. The Bertz CT molecular complexity index is 1070. The van der Waals surface area contributed by atoms with E-state index in [0.29, 0.717) is 41.1 Å². The summed E-state index contributed by atoms with van der Waals surface area (Å²) in [6, 6.07) is 12.7. The minimum atomic E-state index is -0.539. The molecule has 1 saturated carbocycles. The Balaban J connectivity index is 1.37. The molecule has 0 aromatic heterocycles. The van der Waals surface area contributed by atoms with E-state index in [1.54, 1.807) is 48.5 Å². The average molecular weight is 566 g/mol. The minimum absolute atomic E-state index is 0.0831. The largest absolute Gasteiger partial charge is 0.462 e. The van der Waals surface area contributed by atoms with Crippen molar-refractivity contribution in [3.8, 4) is 11.5 Å². The van der Waals surface area contributed by atoms with Gasteiger partial charge < -0.3 is 19.5 Å². The summed E-state index contributed by atoms with van der Waals surface area (Å²) < 4.78 is 16.3. The molecule has 0 aliphatic heterocycles. The van der Waals surface area contributed by atoms with Crippen molar-refractivity contribution < 1.29 is 28.6 Å². The predicted octanol–water partition coefficient (Wildman–Crippen LogP) is 7.38. The second kappa shape index (κ2) is 17.6. The molecular weight excluding hydrogens is 518 g/mol. The Morgan fingerprint density at radius 3 is 1.98 bits per heavy atom. The van der Waals surface area contributed by atoms with Crippen LogP contribution in [0.3, 0.4) is 0 Å². The standard InChI is InChI=1S/C34H47NO6/c1-4-6-7-8-9-22-35-23-26-10-12-28(13-11-26)33(37)40-31-20-16-29(17-21-31)34(38)41-30-18-14-27(15-19-30)32(36)39-24-25(3)5-2/h14-21,25-26,28,35H,4-13,22-24H2,1-3H3/t25?,26-,28-. The van der Waals surface area contributed by atoms with Gasteiger partial charge in [0.2, 0.25) is 0 Å². The zero-order chi connectivity index (χ0) is 29.5. The van der Waals surface area contributed by atoms with Gasteiger partial charge in [0.1, 0.15) is 11.5 Å². The number of carbonyl (C=O) groups excluding carboxylic acids is 3. The topological polar surface area (TPSA) is 90.9 Å². The summed E-state index contributed by atoms with van der Waals surface area (Å²) in [5, 5.41) is 3.59. The molecule has 2 aromatic carbocycles. The van der Waals surface area contributed by atoms with E-state index >= 15 is 0 Å². The number of unbranched alkanes of at least 4 members (excludes halogenated alkanes) is 4. The van der Waals surface area contributed by atoms with Crippen molar-refractivity contribution in [2.24, 2.45) is 17.8 Å². The van der Waals surface area contributed by atoms with Crippen LogP contribution in [-0.4, -0.2) is 37.6 Å². The van der Waals surface area contributed by atoms with Crippen molar-refractivity contribution in [2.75, 3.05) is 19.7 Å². The van der Waals surface area contributed by atoms with Crippen molar-refractivity contribution in [1.29, 1.82) is 0 Å². The van der Waals surface area contributed by atoms with Crippen LogP contribution >= 0.6 is 0 Å². The van der Waals surface area contributed by atoms with Gasteiger partial charge in [0.25, 0.3) is 0 Å². The van der Waals surface area contributed by atoms with Gasteiger partial charge in [-0.05, 0) is 106 Å². The van der Waals surface area contributed by atoms with Gasteiger partial charge >= 0.3 is 17.9 Å². The normalized spacial score (nSPS) is 17.4. The Morgan fingerprint density at radius 2 is 1.37 bits per heavy atom. The Morgan fingerprint density at radius 1 is 0.780 bits per heavy atom. The third-order valence-corrected chi connectivity index (χ3v) is 7.88. The Hall–Kier alpha value is -3.19. The van der Waals surface area contributed by atoms with Crippen LogP contribution in [0, 0.1) is 17.8 Å². The molecule has 7 heteroatoms. The quantitative estimate of drug-likeness (QED) is 0.129. The van der Waals surface area contributed by atoms with Gasteiger partial charge in [0, 0.05) is 0 Å².